The number of rotatable bonds is 0. The Morgan fingerprint density at radius 1 is 0.692 bits per heavy atom. The SMILES string of the molecule is c1c2c(nc3c1CCc1cc4c(nc1-3)CCC1(C4)OCCO1)CCCC2. The molecule has 3 heterocycles. The van der Waals surface area contributed by atoms with Gasteiger partial charge in [-0.1, -0.05) is 12.1 Å². The second-order valence-corrected chi connectivity index (χ2v) is 8.20. The summed E-state index contributed by atoms with van der Waals surface area (Å²) in [6.45, 7) is 1.44. The second-order valence-electron chi connectivity index (χ2n) is 8.20. The molecule has 4 aliphatic rings. The smallest absolute Gasteiger partial charge is 0.172 e. The molecule has 0 unspecified atom stereocenters. The zero-order valence-corrected chi connectivity index (χ0v) is 15.1. The van der Waals surface area contributed by atoms with Crippen molar-refractivity contribution in [3.63, 3.8) is 0 Å². The highest BCUT2D eigenvalue weighted by Gasteiger charge is 2.40. The van der Waals surface area contributed by atoms with E-state index in [0.29, 0.717) is 0 Å². The maximum absolute atomic E-state index is 5.94. The van der Waals surface area contributed by atoms with Gasteiger partial charge in [-0.05, 0) is 67.2 Å². The molecule has 3 aliphatic carbocycles. The molecule has 1 fully saturated rings. The molecule has 6 rings (SSSR count). The van der Waals surface area contributed by atoms with Crippen molar-refractivity contribution in [1.29, 1.82) is 0 Å². The predicted molar refractivity (Wildman–Crippen MR) is 98.2 cm³/mol. The van der Waals surface area contributed by atoms with Gasteiger partial charge in [0.15, 0.2) is 5.79 Å². The molecule has 134 valence electrons. The van der Waals surface area contributed by atoms with Gasteiger partial charge in [0.25, 0.3) is 0 Å². The zero-order valence-electron chi connectivity index (χ0n) is 15.1. The monoisotopic (exact) mass is 348 g/mol. The highest BCUT2D eigenvalue weighted by Crippen LogP contribution is 2.39. The standard InChI is InChI=1S/C22H24N2O2/c1-2-4-18-14(3-1)11-15-5-6-16-12-17-13-22(25-9-10-26-22)8-7-19(17)24-21(16)20(15)23-18/h11-12H,1-10,13H2. The van der Waals surface area contributed by atoms with Gasteiger partial charge in [0.05, 0.1) is 24.6 Å². The zero-order chi connectivity index (χ0) is 17.1. The van der Waals surface area contributed by atoms with Gasteiger partial charge < -0.3 is 9.47 Å². The Bertz CT molecular complexity index is 900. The summed E-state index contributed by atoms with van der Waals surface area (Å²) in [5.74, 6) is -0.382. The lowest BCUT2D eigenvalue weighted by atomic mass is 9.84. The molecular weight excluding hydrogens is 324 g/mol. The Labute approximate surface area is 154 Å². The van der Waals surface area contributed by atoms with Crippen molar-refractivity contribution in [3.8, 4) is 11.4 Å². The van der Waals surface area contributed by atoms with Gasteiger partial charge in [-0.15, -0.1) is 0 Å². The van der Waals surface area contributed by atoms with E-state index in [4.69, 9.17) is 19.4 Å². The summed E-state index contributed by atoms with van der Waals surface area (Å²) in [5, 5.41) is 0. The third kappa shape index (κ3) is 2.28. The Balaban J connectivity index is 1.44. The third-order valence-electron chi connectivity index (χ3n) is 6.55. The molecule has 0 aromatic carbocycles. The van der Waals surface area contributed by atoms with Crippen LogP contribution < -0.4 is 0 Å². The van der Waals surface area contributed by atoms with Crippen LogP contribution in [0.1, 0.15) is 52.9 Å². The van der Waals surface area contributed by atoms with Crippen molar-refractivity contribution >= 4 is 0 Å². The van der Waals surface area contributed by atoms with Gasteiger partial charge in [-0.25, -0.2) is 0 Å². The number of hydrogen-bond acceptors (Lipinski definition) is 4. The largest absolute Gasteiger partial charge is 0.347 e. The molecule has 0 atom stereocenters. The van der Waals surface area contributed by atoms with Crippen LogP contribution in [0.4, 0.5) is 0 Å². The molecule has 1 spiro atoms. The Hall–Kier alpha value is -1.78. The lowest BCUT2D eigenvalue weighted by Gasteiger charge is -2.33. The van der Waals surface area contributed by atoms with E-state index in [-0.39, 0.29) is 5.79 Å². The minimum Gasteiger partial charge on any atom is -0.347 e. The fraction of sp³-hybridized carbons (Fsp3) is 0.545. The van der Waals surface area contributed by atoms with Crippen molar-refractivity contribution in [2.24, 2.45) is 0 Å². The minimum atomic E-state index is -0.382. The van der Waals surface area contributed by atoms with Gasteiger partial charge in [0.1, 0.15) is 0 Å². The molecule has 0 saturated carbocycles. The van der Waals surface area contributed by atoms with Crippen LogP contribution in [0.2, 0.25) is 0 Å². The number of aryl methyl sites for hydroxylation is 5. The summed E-state index contributed by atoms with van der Waals surface area (Å²) in [4.78, 5) is 10.2. The van der Waals surface area contributed by atoms with Crippen LogP contribution in [0.15, 0.2) is 12.1 Å². The van der Waals surface area contributed by atoms with Crippen LogP contribution >= 0.6 is 0 Å². The molecule has 0 bridgehead atoms. The van der Waals surface area contributed by atoms with Crippen molar-refractivity contribution in [2.45, 2.75) is 63.6 Å². The van der Waals surface area contributed by atoms with Crippen molar-refractivity contribution in [3.05, 3.63) is 45.8 Å². The summed E-state index contributed by atoms with van der Waals surface area (Å²) < 4.78 is 11.9. The minimum absolute atomic E-state index is 0.382. The Kier molecular flexibility index (Phi) is 3.30. The molecule has 4 nitrogen and oxygen atoms in total. The van der Waals surface area contributed by atoms with E-state index in [1.54, 1.807) is 0 Å². The first kappa shape index (κ1) is 15.3. The highest BCUT2D eigenvalue weighted by atomic mass is 16.7. The summed E-state index contributed by atoms with van der Waals surface area (Å²) >= 11 is 0. The van der Waals surface area contributed by atoms with Gasteiger partial charge in [-0.3, -0.25) is 9.97 Å². The fourth-order valence-corrected chi connectivity index (χ4v) is 5.18. The maximum atomic E-state index is 5.94. The van der Waals surface area contributed by atoms with Crippen LogP contribution in [0.5, 0.6) is 0 Å². The number of aromatic nitrogens is 2. The topological polar surface area (TPSA) is 44.2 Å². The summed E-state index contributed by atoms with van der Waals surface area (Å²) in [6.07, 6.45) is 9.74. The average molecular weight is 348 g/mol. The summed E-state index contributed by atoms with van der Waals surface area (Å²) in [7, 11) is 0. The van der Waals surface area contributed by atoms with Crippen LogP contribution in [0.3, 0.4) is 0 Å². The number of fused-ring (bicyclic) bond motifs is 5. The Morgan fingerprint density at radius 3 is 2.12 bits per heavy atom. The highest BCUT2D eigenvalue weighted by molar-refractivity contribution is 5.67. The normalized spacial score (nSPS) is 22.5. The van der Waals surface area contributed by atoms with Gasteiger partial charge in [0.2, 0.25) is 0 Å². The molecule has 0 amide bonds. The summed E-state index contributed by atoms with van der Waals surface area (Å²) in [6, 6.07) is 4.80. The molecule has 0 N–H and O–H groups in total. The number of pyridine rings is 2. The molecule has 4 heteroatoms. The van der Waals surface area contributed by atoms with Crippen LogP contribution in [0.25, 0.3) is 11.4 Å². The second kappa shape index (κ2) is 5.61. The third-order valence-corrected chi connectivity index (χ3v) is 6.55. The van der Waals surface area contributed by atoms with Gasteiger partial charge in [-0.2, -0.15) is 0 Å². The molecule has 2 aromatic heterocycles. The van der Waals surface area contributed by atoms with E-state index in [2.05, 4.69) is 12.1 Å². The van der Waals surface area contributed by atoms with Crippen LogP contribution in [-0.4, -0.2) is 29.0 Å². The Morgan fingerprint density at radius 2 is 1.35 bits per heavy atom. The molecule has 26 heavy (non-hydrogen) atoms. The van der Waals surface area contributed by atoms with Crippen molar-refractivity contribution < 1.29 is 9.47 Å². The predicted octanol–water partition coefficient (Wildman–Crippen LogP) is 3.35. The van der Waals surface area contributed by atoms with E-state index in [0.717, 1.165) is 63.1 Å². The number of nitrogens with zero attached hydrogens (tertiary/aromatic N) is 2. The van der Waals surface area contributed by atoms with Gasteiger partial charge >= 0.3 is 0 Å². The maximum Gasteiger partial charge on any atom is 0.172 e. The van der Waals surface area contributed by atoms with Crippen LogP contribution in [-0.2, 0) is 48.0 Å². The van der Waals surface area contributed by atoms with Crippen molar-refractivity contribution in [1.82, 2.24) is 9.97 Å². The molecule has 2 aromatic rings. The van der Waals surface area contributed by atoms with E-state index < -0.39 is 0 Å². The average Bonchev–Trinajstić information content (AvgIpc) is 3.12. The number of ether oxygens (including phenoxy) is 2. The fourth-order valence-electron chi connectivity index (χ4n) is 5.18. The molecule has 0 radical (unpaired) electrons. The quantitative estimate of drug-likeness (QED) is 0.732. The first-order valence-electron chi connectivity index (χ1n) is 10.1. The summed E-state index contributed by atoms with van der Waals surface area (Å²) in [5.41, 5.74) is 10.4. The van der Waals surface area contributed by atoms with E-state index >= 15 is 0 Å². The van der Waals surface area contributed by atoms with Crippen molar-refractivity contribution in [2.75, 3.05) is 13.2 Å². The lowest BCUT2D eigenvalue weighted by Crippen LogP contribution is -2.37. The van der Waals surface area contributed by atoms with E-state index in [9.17, 15) is 0 Å². The van der Waals surface area contributed by atoms with Gasteiger partial charge in [0, 0.05) is 24.2 Å². The molecule has 1 saturated heterocycles. The molecule has 1 aliphatic heterocycles. The number of hydrogen-bond donors (Lipinski definition) is 0. The first-order valence-corrected chi connectivity index (χ1v) is 10.1. The molecular formula is C22H24N2O2. The van der Waals surface area contributed by atoms with E-state index in [1.165, 1.54) is 52.9 Å². The van der Waals surface area contributed by atoms with E-state index in [1.807, 2.05) is 0 Å². The first-order chi connectivity index (χ1) is 12.8. The van der Waals surface area contributed by atoms with Crippen LogP contribution in [0, 0.1) is 0 Å². The lowest BCUT2D eigenvalue weighted by molar-refractivity contribution is -0.164.